The lowest BCUT2D eigenvalue weighted by molar-refractivity contribution is -0.121. The third-order valence-corrected chi connectivity index (χ3v) is 5.10. The molecule has 1 saturated heterocycles. The topological polar surface area (TPSA) is 66.5 Å². The summed E-state index contributed by atoms with van der Waals surface area (Å²) in [6, 6.07) is 9.75. The number of aryl methyl sites for hydroxylation is 1. The molecule has 1 aromatic carbocycles. The number of rotatable bonds is 6. The zero-order valence-corrected chi connectivity index (χ0v) is 13.1. The lowest BCUT2D eigenvalue weighted by Crippen LogP contribution is -2.42. The molecule has 1 aliphatic heterocycles. The first-order valence-electron chi connectivity index (χ1n) is 7.24. The minimum atomic E-state index is -3.17. The molecule has 0 spiro atoms. The van der Waals surface area contributed by atoms with Crippen LogP contribution in [0, 0.1) is 0 Å². The molecule has 1 aromatic rings. The van der Waals surface area contributed by atoms with E-state index in [1.165, 1.54) is 10.6 Å². The van der Waals surface area contributed by atoms with E-state index in [0.29, 0.717) is 25.9 Å². The minimum absolute atomic E-state index is 0.0285. The van der Waals surface area contributed by atoms with Crippen LogP contribution >= 0.6 is 0 Å². The molecule has 0 bridgehead atoms. The summed E-state index contributed by atoms with van der Waals surface area (Å²) in [6.45, 7) is 0.962. The smallest absolute Gasteiger partial charge is 0.220 e. The van der Waals surface area contributed by atoms with Gasteiger partial charge in [-0.15, -0.1) is 0 Å². The highest BCUT2D eigenvalue weighted by molar-refractivity contribution is 7.88. The Morgan fingerprint density at radius 1 is 1.33 bits per heavy atom. The molecule has 6 heteroatoms. The average molecular weight is 310 g/mol. The van der Waals surface area contributed by atoms with E-state index in [0.717, 1.165) is 18.4 Å². The Kier molecular flexibility index (Phi) is 5.36. The number of carbonyl (C=O) groups is 1. The molecule has 0 aromatic heterocycles. The molecule has 0 saturated carbocycles. The van der Waals surface area contributed by atoms with E-state index in [1.807, 2.05) is 30.3 Å². The Bertz CT molecular complexity index is 572. The van der Waals surface area contributed by atoms with Crippen LogP contribution in [-0.4, -0.2) is 44.0 Å². The number of nitrogens with one attached hydrogen (secondary N) is 1. The molecule has 0 aliphatic carbocycles. The van der Waals surface area contributed by atoms with Crippen molar-refractivity contribution in [1.82, 2.24) is 9.62 Å². The first-order chi connectivity index (χ1) is 9.97. The Balaban J connectivity index is 1.76. The summed E-state index contributed by atoms with van der Waals surface area (Å²) < 4.78 is 24.7. The Morgan fingerprint density at radius 2 is 2.05 bits per heavy atom. The average Bonchev–Trinajstić information content (AvgIpc) is 2.92. The number of nitrogens with zero attached hydrogens (tertiary/aromatic N) is 1. The first kappa shape index (κ1) is 16.0. The highest BCUT2D eigenvalue weighted by Gasteiger charge is 2.31. The molecule has 21 heavy (non-hydrogen) atoms. The van der Waals surface area contributed by atoms with Crippen molar-refractivity contribution in [2.24, 2.45) is 0 Å². The van der Waals surface area contributed by atoms with Crippen molar-refractivity contribution < 1.29 is 13.2 Å². The van der Waals surface area contributed by atoms with Crippen LogP contribution in [0.5, 0.6) is 0 Å². The van der Waals surface area contributed by atoms with Gasteiger partial charge in [-0.05, 0) is 24.8 Å². The zero-order chi connectivity index (χ0) is 15.3. The Hall–Kier alpha value is -1.40. The van der Waals surface area contributed by atoms with E-state index in [-0.39, 0.29) is 11.9 Å². The maximum absolute atomic E-state index is 11.9. The van der Waals surface area contributed by atoms with Gasteiger partial charge in [0.2, 0.25) is 15.9 Å². The third kappa shape index (κ3) is 4.82. The van der Waals surface area contributed by atoms with Gasteiger partial charge < -0.3 is 5.32 Å². The van der Waals surface area contributed by atoms with Crippen LogP contribution in [-0.2, 0) is 21.2 Å². The van der Waals surface area contributed by atoms with Crippen LogP contribution in [0.3, 0.4) is 0 Å². The predicted octanol–water partition coefficient (Wildman–Crippen LogP) is 1.16. The molecule has 1 fully saturated rings. The maximum Gasteiger partial charge on any atom is 0.220 e. The van der Waals surface area contributed by atoms with E-state index < -0.39 is 10.0 Å². The summed E-state index contributed by atoms with van der Waals surface area (Å²) in [5.74, 6) is -0.0285. The van der Waals surface area contributed by atoms with E-state index >= 15 is 0 Å². The van der Waals surface area contributed by atoms with Crippen molar-refractivity contribution in [2.45, 2.75) is 31.7 Å². The second kappa shape index (κ2) is 7.04. The molecule has 1 N–H and O–H groups in total. The normalized spacial score (nSPS) is 19.6. The van der Waals surface area contributed by atoms with E-state index in [4.69, 9.17) is 0 Å². The molecular formula is C15H22N2O3S. The van der Waals surface area contributed by atoms with E-state index in [2.05, 4.69) is 5.32 Å². The van der Waals surface area contributed by atoms with Gasteiger partial charge >= 0.3 is 0 Å². The largest absolute Gasteiger partial charge is 0.354 e. The van der Waals surface area contributed by atoms with Crippen LogP contribution in [0.2, 0.25) is 0 Å². The molecule has 0 radical (unpaired) electrons. The summed E-state index contributed by atoms with van der Waals surface area (Å²) >= 11 is 0. The highest BCUT2D eigenvalue weighted by Crippen LogP contribution is 2.19. The Morgan fingerprint density at radius 3 is 2.71 bits per heavy atom. The van der Waals surface area contributed by atoms with Gasteiger partial charge in [-0.3, -0.25) is 4.79 Å². The second-order valence-corrected chi connectivity index (χ2v) is 7.39. The lowest BCUT2D eigenvalue weighted by Gasteiger charge is -2.22. The van der Waals surface area contributed by atoms with Crippen molar-refractivity contribution >= 4 is 15.9 Å². The number of sulfonamides is 1. The van der Waals surface area contributed by atoms with E-state index in [1.54, 1.807) is 0 Å². The molecule has 2 rings (SSSR count). The lowest BCUT2D eigenvalue weighted by atomic mass is 10.1. The number of amides is 1. The maximum atomic E-state index is 11.9. The molecular weight excluding hydrogens is 288 g/mol. The number of carbonyl (C=O) groups excluding carboxylic acids is 1. The van der Waals surface area contributed by atoms with Crippen LogP contribution in [0.15, 0.2) is 30.3 Å². The SMILES string of the molecule is CS(=O)(=O)N1CCCC1CNC(=O)CCc1ccccc1. The molecule has 1 aliphatic rings. The van der Waals surface area contributed by atoms with Crippen molar-refractivity contribution in [3.63, 3.8) is 0 Å². The molecule has 1 heterocycles. The predicted molar refractivity (Wildman–Crippen MR) is 82.3 cm³/mol. The van der Waals surface area contributed by atoms with Gasteiger partial charge in [0, 0.05) is 25.6 Å². The van der Waals surface area contributed by atoms with Crippen LogP contribution < -0.4 is 5.32 Å². The second-order valence-electron chi connectivity index (χ2n) is 5.46. The van der Waals surface area contributed by atoms with E-state index in [9.17, 15) is 13.2 Å². The fourth-order valence-corrected chi connectivity index (χ4v) is 3.85. The first-order valence-corrected chi connectivity index (χ1v) is 9.09. The quantitative estimate of drug-likeness (QED) is 0.857. The van der Waals surface area contributed by atoms with Crippen LogP contribution in [0.25, 0.3) is 0 Å². The summed E-state index contributed by atoms with van der Waals surface area (Å²) in [5.41, 5.74) is 1.13. The van der Waals surface area contributed by atoms with Crippen LogP contribution in [0.4, 0.5) is 0 Å². The molecule has 1 amide bonds. The van der Waals surface area contributed by atoms with Crippen molar-refractivity contribution in [2.75, 3.05) is 19.3 Å². The highest BCUT2D eigenvalue weighted by atomic mass is 32.2. The number of hydrogen-bond donors (Lipinski definition) is 1. The van der Waals surface area contributed by atoms with Crippen molar-refractivity contribution in [1.29, 1.82) is 0 Å². The van der Waals surface area contributed by atoms with Gasteiger partial charge in [0.15, 0.2) is 0 Å². The monoisotopic (exact) mass is 310 g/mol. The van der Waals surface area contributed by atoms with Gasteiger partial charge in [0.05, 0.1) is 6.26 Å². The summed E-state index contributed by atoms with van der Waals surface area (Å²) in [5, 5.41) is 2.85. The van der Waals surface area contributed by atoms with Crippen LogP contribution in [0.1, 0.15) is 24.8 Å². The minimum Gasteiger partial charge on any atom is -0.354 e. The molecule has 5 nitrogen and oxygen atoms in total. The van der Waals surface area contributed by atoms with Crippen molar-refractivity contribution in [3.05, 3.63) is 35.9 Å². The summed E-state index contributed by atoms with van der Waals surface area (Å²) in [6.07, 6.45) is 4.02. The zero-order valence-electron chi connectivity index (χ0n) is 12.3. The molecule has 1 unspecified atom stereocenters. The van der Waals surface area contributed by atoms with Gasteiger partial charge in [0.25, 0.3) is 0 Å². The number of hydrogen-bond acceptors (Lipinski definition) is 3. The standard InChI is InChI=1S/C15H22N2O3S/c1-21(19,20)17-11-5-8-14(17)12-16-15(18)10-9-13-6-3-2-4-7-13/h2-4,6-7,14H,5,8-12H2,1H3,(H,16,18). The molecule has 116 valence electrons. The van der Waals surface area contributed by atoms with Gasteiger partial charge in [-0.1, -0.05) is 30.3 Å². The van der Waals surface area contributed by atoms with Gasteiger partial charge in [-0.2, -0.15) is 4.31 Å². The van der Waals surface area contributed by atoms with Gasteiger partial charge in [-0.25, -0.2) is 8.42 Å². The Labute approximate surface area is 126 Å². The third-order valence-electron chi connectivity index (χ3n) is 3.77. The number of benzene rings is 1. The van der Waals surface area contributed by atoms with Gasteiger partial charge in [0.1, 0.15) is 0 Å². The molecule has 1 atom stereocenters. The van der Waals surface area contributed by atoms with Crippen molar-refractivity contribution in [3.8, 4) is 0 Å². The fourth-order valence-electron chi connectivity index (χ4n) is 2.67. The summed E-state index contributed by atoms with van der Waals surface area (Å²) in [7, 11) is -3.17. The summed E-state index contributed by atoms with van der Waals surface area (Å²) in [4.78, 5) is 11.9. The fraction of sp³-hybridized carbons (Fsp3) is 0.533.